The number of carbonyl (C=O) groups excluding carboxylic acids is 2. The Morgan fingerprint density at radius 1 is 0.969 bits per heavy atom. The third-order valence-corrected chi connectivity index (χ3v) is 5.77. The summed E-state index contributed by atoms with van der Waals surface area (Å²) in [7, 11) is 1.23. The van der Waals surface area contributed by atoms with Crippen LogP contribution in [0.2, 0.25) is 0 Å². The lowest BCUT2D eigenvalue weighted by Gasteiger charge is -2.09. The van der Waals surface area contributed by atoms with E-state index in [1.165, 1.54) is 43.5 Å². The minimum atomic E-state index is -0.621. The maximum atomic E-state index is 14.5. The van der Waals surface area contributed by atoms with Gasteiger partial charge < -0.3 is 9.47 Å². The first kappa shape index (κ1) is 21.4. The summed E-state index contributed by atoms with van der Waals surface area (Å²) in [4.78, 5) is 24.6. The van der Waals surface area contributed by atoms with E-state index in [2.05, 4.69) is 4.74 Å². The van der Waals surface area contributed by atoms with Crippen LogP contribution in [0.4, 0.5) is 8.78 Å². The van der Waals surface area contributed by atoms with Gasteiger partial charge in [-0.25, -0.2) is 13.6 Å². The van der Waals surface area contributed by atoms with Gasteiger partial charge in [0, 0.05) is 33.4 Å². The number of methoxy groups -OCH3 is 1. The van der Waals surface area contributed by atoms with Crippen LogP contribution in [-0.2, 0) is 9.53 Å². The van der Waals surface area contributed by atoms with Crippen LogP contribution in [0.3, 0.4) is 0 Å². The fourth-order valence-electron chi connectivity index (χ4n) is 3.07. The van der Waals surface area contributed by atoms with Crippen LogP contribution < -0.4 is 4.74 Å². The topological polar surface area (TPSA) is 52.6 Å². The van der Waals surface area contributed by atoms with Crippen molar-refractivity contribution in [2.24, 2.45) is 0 Å². The van der Waals surface area contributed by atoms with E-state index < -0.39 is 17.6 Å². The summed E-state index contributed by atoms with van der Waals surface area (Å²) < 4.78 is 39.3. The molecular formula is C25H16F2O4S. The third kappa shape index (κ3) is 4.43. The minimum absolute atomic E-state index is 0.156. The molecule has 1 heterocycles. The predicted octanol–water partition coefficient (Wildman–Crippen LogP) is 6.39. The molecular weight excluding hydrogens is 434 g/mol. The maximum absolute atomic E-state index is 14.5. The standard InChI is InChI=1S/C25H16F2O4S/c1-30-22(28)12-8-15-7-10-18(14-20(15)27)31-24-19-11-9-17(26)13-21(19)32-25(24)23(29)16-5-3-2-4-6-16/h2-14H,1H3/b12-8+. The monoisotopic (exact) mass is 450 g/mol. The molecule has 0 aliphatic rings. The molecule has 0 radical (unpaired) electrons. The molecule has 0 fully saturated rings. The fourth-order valence-corrected chi connectivity index (χ4v) is 4.19. The van der Waals surface area contributed by atoms with Gasteiger partial charge in [0.05, 0.1) is 7.11 Å². The molecule has 0 unspecified atom stereocenters. The van der Waals surface area contributed by atoms with Gasteiger partial charge in [-0.2, -0.15) is 0 Å². The van der Waals surface area contributed by atoms with Crippen molar-refractivity contribution in [2.45, 2.75) is 0 Å². The zero-order valence-electron chi connectivity index (χ0n) is 16.8. The molecule has 0 amide bonds. The van der Waals surface area contributed by atoms with E-state index in [-0.39, 0.29) is 27.7 Å². The molecule has 0 aliphatic carbocycles. The summed E-state index contributed by atoms with van der Waals surface area (Å²) in [5.41, 5.74) is 0.624. The molecule has 32 heavy (non-hydrogen) atoms. The smallest absolute Gasteiger partial charge is 0.330 e. The van der Waals surface area contributed by atoms with E-state index >= 15 is 0 Å². The maximum Gasteiger partial charge on any atom is 0.330 e. The van der Waals surface area contributed by atoms with E-state index in [0.717, 1.165) is 23.5 Å². The molecule has 0 aliphatic heterocycles. The van der Waals surface area contributed by atoms with Crippen LogP contribution in [0.1, 0.15) is 20.8 Å². The second-order valence-corrected chi connectivity index (χ2v) is 7.79. The van der Waals surface area contributed by atoms with E-state index in [4.69, 9.17) is 4.74 Å². The normalized spacial score (nSPS) is 11.1. The molecule has 0 saturated carbocycles. The summed E-state index contributed by atoms with van der Waals surface area (Å²) in [6.07, 6.45) is 2.40. The number of fused-ring (bicyclic) bond motifs is 1. The van der Waals surface area contributed by atoms with Gasteiger partial charge in [-0.15, -0.1) is 11.3 Å². The summed E-state index contributed by atoms with van der Waals surface area (Å²) in [5.74, 6) is -1.55. The van der Waals surface area contributed by atoms with Crippen molar-refractivity contribution in [3.8, 4) is 11.5 Å². The highest BCUT2D eigenvalue weighted by atomic mass is 32.1. The zero-order valence-corrected chi connectivity index (χ0v) is 17.6. The van der Waals surface area contributed by atoms with Gasteiger partial charge in [0.25, 0.3) is 0 Å². The molecule has 1 aromatic heterocycles. The number of hydrogen-bond donors (Lipinski definition) is 0. The number of thiophene rings is 1. The molecule has 4 rings (SSSR count). The minimum Gasteiger partial charge on any atom is -0.466 e. The second kappa shape index (κ2) is 9.11. The van der Waals surface area contributed by atoms with E-state index in [9.17, 15) is 18.4 Å². The molecule has 4 nitrogen and oxygen atoms in total. The molecule has 0 saturated heterocycles. The van der Waals surface area contributed by atoms with Crippen molar-refractivity contribution in [1.29, 1.82) is 0 Å². The number of halogens is 2. The number of ether oxygens (including phenoxy) is 2. The van der Waals surface area contributed by atoms with Crippen molar-refractivity contribution in [1.82, 2.24) is 0 Å². The zero-order chi connectivity index (χ0) is 22.7. The fraction of sp³-hybridized carbons (Fsp3) is 0.0400. The number of rotatable bonds is 6. The molecule has 3 aromatic carbocycles. The average Bonchev–Trinajstić information content (AvgIpc) is 3.15. The van der Waals surface area contributed by atoms with Crippen molar-refractivity contribution >= 4 is 39.3 Å². The highest BCUT2D eigenvalue weighted by Gasteiger charge is 2.22. The van der Waals surface area contributed by atoms with Crippen molar-refractivity contribution in [3.63, 3.8) is 0 Å². The average molecular weight is 450 g/mol. The Hall–Kier alpha value is -3.84. The summed E-state index contributed by atoms with van der Waals surface area (Å²) in [6, 6.07) is 16.9. The van der Waals surface area contributed by atoms with Crippen LogP contribution >= 0.6 is 11.3 Å². The molecule has 160 valence electrons. The van der Waals surface area contributed by atoms with Crippen LogP contribution in [0.5, 0.6) is 11.5 Å². The van der Waals surface area contributed by atoms with Gasteiger partial charge in [0.1, 0.15) is 22.3 Å². The molecule has 4 aromatic rings. The lowest BCUT2D eigenvalue weighted by molar-refractivity contribution is -0.134. The number of esters is 1. The van der Waals surface area contributed by atoms with Crippen molar-refractivity contribution < 1.29 is 27.8 Å². The van der Waals surface area contributed by atoms with Crippen molar-refractivity contribution in [3.05, 3.63) is 100 Å². The summed E-state index contributed by atoms with van der Waals surface area (Å²) in [6.45, 7) is 0. The Kier molecular flexibility index (Phi) is 6.09. The highest BCUT2D eigenvalue weighted by molar-refractivity contribution is 7.21. The first-order valence-corrected chi connectivity index (χ1v) is 10.3. The van der Waals surface area contributed by atoms with E-state index in [0.29, 0.717) is 15.6 Å². The first-order valence-electron chi connectivity index (χ1n) is 9.51. The Morgan fingerprint density at radius 2 is 1.75 bits per heavy atom. The van der Waals surface area contributed by atoms with Gasteiger partial charge in [0.2, 0.25) is 5.78 Å². The Bertz CT molecular complexity index is 1340. The summed E-state index contributed by atoms with van der Waals surface area (Å²) >= 11 is 1.11. The molecule has 0 N–H and O–H groups in total. The number of hydrogen-bond acceptors (Lipinski definition) is 5. The van der Waals surface area contributed by atoms with Gasteiger partial charge >= 0.3 is 5.97 Å². The molecule has 0 spiro atoms. The lowest BCUT2D eigenvalue weighted by Crippen LogP contribution is -2.00. The lowest BCUT2D eigenvalue weighted by atomic mass is 10.1. The van der Waals surface area contributed by atoms with Gasteiger partial charge in [-0.3, -0.25) is 4.79 Å². The molecule has 0 bridgehead atoms. The summed E-state index contributed by atoms with van der Waals surface area (Å²) in [5, 5.41) is 0.547. The Morgan fingerprint density at radius 3 is 2.47 bits per heavy atom. The molecule has 7 heteroatoms. The van der Waals surface area contributed by atoms with Crippen LogP contribution in [0.25, 0.3) is 16.2 Å². The predicted molar refractivity (Wildman–Crippen MR) is 119 cm³/mol. The second-order valence-electron chi connectivity index (χ2n) is 6.74. The quantitative estimate of drug-likeness (QED) is 0.194. The third-order valence-electron chi connectivity index (χ3n) is 4.64. The Balaban J connectivity index is 1.74. The molecule has 0 atom stereocenters. The van der Waals surface area contributed by atoms with Gasteiger partial charge in [-0.1, -0.05) is 30.3 Å². The largest absolute Gasteiger partial charge is 0.466 e. The van der Waals surface area contributed by atoms with Crippen molar-refractivity contribution in [2.75, 3.05) is 7.11 Å². The number of benzene rings is 3. The number of ketones is 1. The SMILES string of the molecule is COC(=O)/C=C/c1ccc(Oc2c(C(=O)c3ccccc3)sc3cc(F)ccc23)cc1F. The number of carbonyl (C=O) groups is 2. The van der Waals surface area contributed by atoms with E-state index in [1.807, 2.05) is 0 Å². The van der Waals surface area contributed by atoms with Gasteiger partial charge in [0.15, 0.2) is 5.75 Å². The van der Waals surface area contributed by atoms with Crippen LogP contribution in [0, 0.1) is 11.6 Å². The highest BCUT2D eigenvalue weighted by Crippen LogP contribution is 2.42. The van der Waals surface area contributed by atoms with Gasteiger partial charge in [-0.05, 0) is 36.4 Å². The van der Waals surface area contributed by atoms with E-state index in [1.54, 1.807) is 30.3 Å². The first-order chi connectivity index (χ1) is 15.5. The van der Waals surface area contributed by atoms with Crippen LogP contribution in [-0.4, -0.2) is 18.9 Å². The van der Waals surface area contributed by atoms with Crippen LogP contribution in [0.15, 0.2) is 72.8 Å². The Labute approximate surface area is 186 Å².